The minimum Gasteiger partial charge on any atom is -0.480 e. The van der Waals surface area contributed by atoms with Gasteiger partial charge in [0.1, 0.15) is 6.04 Å². The van der Waals surface area contributed by atoms with Crippen LogP contribution in [-0.4, -0.2) is 28.2 Å². The molecule has 13 heavy (non-hydrogen) atoms. The summed E-state index contributed by atoms with van der Waals surface area (Å²) in [5, 5.41) is 12.4. The van der Waals surface area contributed by atoms with Crippen LogP contribution in [0.15, 0.2) is 0 Å². The highest BCUT2D eigenvalue weighted by Gasteiger charge is 2.35. The Bertz CT molecular complexity index is 204. The van der Waals surface area contributed by atoms with Crippen LogP contribution in [0.25, 0.3) is 0 Å². The zero-order valence-electron chi connectivity index (χ0n) is 7.53. The maximum atomic E-state index is 10.7. The molecular formula is C9H15NO2S. The number of carbonyl (C=O) groups is 1. The standard InChI is InChI=1S/C9H15NO2S/c11-9(12)7-5-13-8(10-7)6-3-1-2-4-6/h6-8,10H,1-5H2,(H,11,12)/t7-,8?/m1/s1. The van der Waals surface area contributed by atoms with Crippen molar-refractivity contribution in [2.24, 2.45) is 5.92 Å². The van der Waals surface area contributed by atoms with Crippen LogP contribution in [0.1, 0.15) is 25.7 Å². The van der Waals surface area contributed by atoms with Crippen LogP contribution in [-0.2, 0) is 4.79 Å². The van der Waals surface area contributed by atoms with Crippen LogP contribution < -0.4 is 5.32 Å². The number of hydrogen-bond acceptors (Lipinski definition) is 3. The first-order valence-corrected chi connectivity index (χ1v) is 5.92. The Balaban J connectivity index is 1.86. The molecule has 0 aromatic carbocycles. The molecular weight excluding hydrogens is 186 g/mol. The largest absolute Gasteiger partial charge is 0.480 e. The quantitative estimate of drug-likeness (QED) is 0.707. The van der Waals surface area contributed by atoms with Crippen LogP contribution in [0, 0.1) is 5.92 Å². The van der Waals surface area contributed by atoms with E-state index in [9.17, 15) is 4.79 Å². The van der Waals surface area contributed by atoms with Crippen molar-refractivity contribution in [3.8, 4) is 0 Å². The zero-order chi connectivity index (χ0) is 9.26. The minimum atomic E-state index is -0.701. The zero-order valence-corrected chi connectivity index (χ0v) is 8.35. The van der Waals surface area contributed by atoms with Crippen molar-refractivity contribution >= 4 is 17.7 Å². The first kappa shape index (κ1) is 9.34. The number of carboxylic acids is 1. The summed E-state index contributed by atoms with van der Waals surface area (Å²) in [5.74, 6) is 0.749. The van der Waals surface area contributed by atoms with Crippen molar-refractivity contribution in [2.45, 2.75) is 37.1 Å². The Kier molecular flexibility index (Phi) is 2.79. The minimum absolute atomic E-state index is 0.310. The maximum absolute atomic E-state index is 10.7. The SMILES string of the molecule is O=C(O)[C@H]1CSC(C2CCCC2)N1. The molecule has 1 aliphatic carbocycles. The van der Waals surface area contributed by atoms with Gasteiger partial charge >= 0.3 is 5.97 Å². The van der Waals surface area contributed by atoms with Crippen molar-refractivity contribution in [2.75, 3.05) is 5.75 Å². The van der Waals surface area contributed by atoms with Gasteiger partial charge in [0.15, 0.2) is 0 Å². The molecule has 0 aromatic heterocycles. The third kappa shape index (κ3) is 1.99. The lowest BCUT2D eigenvalue weighted by molar-refractivity contribution is -0.138. The van der Waals surface area contributed by atoms with Crippen molar-refractivity contribution in [1.29, 1.82) is 0 Å². The molecule has 1 heterocycles. The highest BCUT2D eigenvalue weighted by molar-refractivity contribution is 8.00. The summed E-state index contributed by atoms with van der Waals surface area (Å²) in [4.78, 5) is 10.7. The van der Waals surface area contributed by atoms with Crippen molar-refractivity contribution < 1.29 is 9.90 Å². The van der Waals surface area contributed by atoms with Gasteiger partial charge in [0.2, 0.25) is 0 Å². The lowest BCUT2D eigenvalue weighted by Gasteiger charge is -2.17. The predicted octanol–water partition coefficient (Wildman–Crippen LogP) is 1.29. The molecule has 2 atom stereocenters. The first-order chi connectivity index (χ1) is 6.27. The Hall–Kier alpha value is -0.220. The number of thioether (sulfide) groups is 1. The Morgan fingerprint density at radius 3 is 2.62 bits per heavy atom. The topological polar surface area (TPSA) is 49.3 Å². The van der Waals surface area contributed by atoms with Gasteiger partial charge in [-0.2, -0.15) is 0 Å². The van der Waals surface area contributed by atoms with E-state index in [-0.39, 0.29) is 6.04 Å². The molecule has 1 unspecified atom stereocenters. The second-order valence-electron chi connectivity index (χ2n) is 3.86. The Morgan fingerprint density at radius 2 is 2.08 bits per heavy atom. The lowest BCUT2D eigenvalue weighted by atomic mass is 10.1. The maximum Gasteiger partial charge on any atom is 0.321 e. The Morgan fingerprint density at radius 1 is 1.38 bits per heavy atom. The highest BCUT2D eigenvalue weighted by atomic mass is 32.2. The van der Waals surface area contributed by atoms with E-state index in [1.54, 1.807) is 11.8 Å². The first-order valence-electron chi connectivity index (χ1n) is 4.88. The number of nitrogens with one attached hydrogen (secondary N) is 1. The van der Waals surface area contributed by atoms with E-state index >= 15 is 0 Å². The highest BCUT2D eigenvalue weighted by Crippen LogP contribution is 2.35. The van der Waals surface area contributed by atoms with Crippen LogP contribution in [0.3, 0.4) is 0 Å². The van der Waals surface area contributed by atoms with E-state index in [0.29, 0.717) is 11.3 Å². The molecule has 1 saturated heterocycles. The van der Waals surface area contributed by atoms with Crippen LogP contribution >= 0.6 is 11.8 Å². The van der Waals surface area contributed by atoms with Crippen LogP contribution in [0.2, 0.25) is 0 Å². The van der Waals surface area contributed by atoms with Crippen molar-refractivity contribution in [3.05, 3.63) is 0 Å². The summed E-state index contributed by atoms with van der Waals surface area (Å²) in [7, 11) is 0. The molecule has 0 spiro atoms. The van der Waals surface area contributed by atoms with Gasteiger partial charge in [0.25, 0.3) is 0 Å². The normalized spacial score (nSPS) is 35.4. The van der Waals surface area contributed by atoms with Gasteiger partial charge in [-0.1, -0.05) is 12.8 Å². The third-order valence-corrected chi connectivity index (χ3v) is 4.34. The number of carboxylic acid groups (broad SMARTS) is 1. The van der Waals surface area contributed by atoms with Crippen LogP contribution in [0.5, 0.6) is 0 Å². The summed E-state index contributed by atoms with van der Waals surface area (Å²) >= 11 is 1.78. The van der Waals surface area contributed by atoms with Gasteiger partial charge in [-0.15, -0.1) is 11.8 Å². The van der Waals surface area contributed by atoms with E-state index in [1.807, 2.05) is 0 Å². The van der Waals surface area contributed by atoms with Gasteiger partial charge in [0.05, 0.1) is 5.37 Å². The van der Waals surface area contributed by atoms with E-state index in [2.05, 4.69) is 5.32 Å². The lowest BCUT2D eigenvalue weighted by Crippen LogP contribution is -2.38. The number of hydrogen-bond donors (Lipinski definition) is 2. The van der Waals surface area contributed by atoms with Crippen LogP contribution in [0.4, 0.5) is 0 Å². The summed E-state index contributed by atoms with van der Waals surface area (Å²) in [6.07, 6.45) is 5.19. The fourth-order valence-corrected chi connectivity index (χ4v) is 3.61. The molecule has 0 amide bonds. The molecule has 74 valence electrons. The summed E-state index contributed by atoms with van der Waals surface area (Å²) in [6.45, 7) is 0. The van der Waals surface area contributed by atoms with E-state index in [4.69, 9.17) is 5.11 Å². The van der Waals surface area contributed by atoms with Gasteiger partial charge in [-0.3, -0.25) is 10.1 Å². The van der Waals surface area contributed by atoms with E-state index < -0.39 is 5.97 Å². The number of rotatable bonds is 2. The molecule has 4 heteroatoms. The summed E-state index contributed by atoms with van der Waals surface area (Å²) in [6, 6.07) is -0.310. The van der Waals surface area contributed by atoms with Gasteiger partial charge in [0, 0.05) is 5.75 Å². The third-order valence-electron chi connectivity index (χ3n) is 2.93. The second-order valence-corrected chi connectivity index (χ2v) is 5.03. The molecule has 2 N–H and O–H groups in total. The molecule has 1 saturated carbocycles. The monoisotopic (exact) mass is 201 g/mol. The molecule has 2 fully saturated rings. The van der Waals surface area contributed by atoms with Gasteiger partial charge in [-0.05, 0) is 18.8 Å². The molecule has 1 aliphatic heterocycles. The smallest absolute Gasteiger partial charge is 0.321 e. The van der Waals surface area contributed by atoms with Gasteiger partial charge in [-0.25, -0.2) is 0 Å². The number of aliphatic carboxylic acids is 1. The van der Waals surface area contributed by atoms with Crippen molar-refractivity contribution in [3.63, 3.8) is 0 Å². The molecule has 0 bridgehead atoms. The van der Waals surface area contributed by atoms with E-state index in [1.165, 1.54) is 25.7 Å². The molecule has 2 rings (SSSR count). The molecule has 3 nitrogen and oxygen atoms in total. The average molecular weight is 201 g/mol. The van der Waals surface area contributed by atoms with E-state index in [0.717, 1.165) is 5.75 Å². The predicted molar refractivity (Wildman–Crippen MR) is 52.8 cm³/mol. The molecule has 0 radical (unpaired) electrons. The summed E-state index contributed by atoms with van der Waals surface area (Å²) < 4.78 is 0. The fraction of sp³-hybridized carbons (Fsp3) is 0.889. The fourth-order valence-electron chi connectivity index (χ4n) is 2.17. The second kappa shape index (κ2) is 3.88. The Labute approximate surface area is 82.3 Å². The van der Waals surface area contributed by atoms with Gasteiger partial charge < -0.3 is 5.11 Å². The summed E-state index contributed by atoms with van der Waals surface area (Å²) in [5.41, 5.74) is 0. The average Bonchev–Trinajstić information content (AvgIpc) is 2.75. The molecule has 0 aromatic rings. The molecule has 2 aliphatic rings. The van der Waals surface area contributed by atoms with Crippen molar-refractivity contribution in [1.82, 2.24) is 5.32 Å².